The molecule has 1 fully saturated rings. The van der Waals surface area contributed by atoms with Crippen molar-refractivity contribution in [2.24, 2.45) is 5.41 Å². The van der Waals surface area contributed by atoms with Gasteiger partial charge in [-0.15, -0.1) is 11.3 Å². The van der Waals surface area contributed by atoms with Crippen molar-refractivity contribution >= 4 is 21.4 Å². The summed E-state index contributed by atoms with van der Waals surface area (Å²) in [5.41, 5.74) is 1.14. The molecule has 1 aliphatic rings. The first-order valence-corrected chi connectivity index (χ1v) is 9.82. The van der Waals surface area contributed by atoms with Gasteiger partial charge in [-0.2, -0.15) is 4.31 Å². The molecule has 0 spiro atoms. The van der Waals surface area contributed by atoms with Crippen LogP contribution in [0, 0.1) is 12.3 Å². The highest BCUT2D eigenvalue weighted by molar-refractivity contribution is 7.91. The van der Waals surface area contributed by atoms with E-state index in [0.29, 0.717) is 17.3 Å². The highest BCUT2D eigenvalue weighted by Gasteiger charge is 2.35. The Hall–Kier alpha value is -0.430. The van der Waals surface area contributed by atoms with Gasteiger partial charge in [0.25, 0.3) is 10.0 Å². The molecule has 6 heteroatoms. The average molecular weight is 331 g/mol. The molecule has 0 radical (unpaired) electrons. The number of aryl methyl sites for hydroxylation is 1. The molecule has 0 saturated carbocycles. The topological polar surface area (TPSA) is 49.4 Å². The SMILES string of the molecule is CCNCc1sc(S(=O)(=O)N2CCCC(C)(C)C2)cc1C. The number of piperidine rings is 1. The van der Waals surface area contributed by atoms with Gasteiger partial charge in [0.15, 0.2) is 0 Å². The number of rotatable bonds is 5. The summed E-state index contributed by atoms with van der Waals surface area (Å²) in [6.45, 7) is 11.2. The van der Waals surface area contributed by atoms with Gasteiger partial charge >= 0.3 is 0 Å². The summed E-state index contributed by atoms with van der Waals surface area (Å²) in [7, 11) is -3.34. The Labute approximate surface area is 132 Å². The van der Waals surface area contributed by atoms with E-state index in [1.54, 1.807) is 4.31 Å². The van der Waals surface area contributed by atoms with Gasteiger partial charge in [-0.1, -0.05) is 20.8 Å². The lowest BCUT2D eigenvalue weighted by Gasteiger charge is -2.36. The molecule has 1 saturated heterocycles. The zero-order valence-corrected chi connectivity index (χ0v) is 15.0. The first-order valence-electron chi connectivity index (χ1n) is 7.56. The minimum absolute atomic E-state index is 0.0736. The lowest BCUT2D eigenvalue weighted by atomic mass is 9.85. The quantitative estimate of drug-likeness (QED) is 0.903. The van der Waals surface area contributed by atoms with Crippen LogP contribution in [0.25, 0.3) is 0 Å². The van der Waals surface area contributed by atoms with Crippen LogP contribution in [0.3, 0.4) is 0 Å². The predicted molar refractivity (Wildman–Crippen MR) is 88.2 cm³/mol. The van der Waals surface area contributed by atoms with Gasteiger partial charge in [0, 0.05) is 24.5 Å². The van der Waals surface area contributed by atoms with Crippen LogP contribution in [0.2, 0.25) is 0 Å². The molecule has 4 nitrogen and oxygen atoms in total. The molecular formula is C15H26N2O2S2. The van der Waals surface area contributed by atoms with Crippen molar-refractivity contribution in [2.45, 2.75) is 51.3 Å². The van der Waals surface area contributed by atoms with Crippen LogP contribution >= 0.6 is 11.3 Å². The van der Waals surface area contributed by atoms with Crippen molar-refractivity contribution < 1.29 is 8.42 Å². The minimum atomic E-state index is -3.34. The van der Waals surface area contributed by atoms with Gasteiger partial charge < -0.3 is 5.32 Å². The first kappa shape index (κ1) is 16.9. The lowest BCUT2D eigenvalue weighted by molar-refractivity contribution is 0.187. The summed E-state index contributed by atoms with van der Waals surface area (Å²) in [4.78, 5) is 1.12. The van der Waals surface area contributed by atoms with Crippen molar-refractivity contribution in [1.29, 1.82) is 0 Å². The molecule has 0 aromatic carbocycles. The fourth-order valence-electron chi connectivity index (χ4n) is 2.73. The van der Waals surface area contributed by atoms with Crippen molar-refractivity contribution in [3.63, 3.8) is 0 Å². The van der Waals surface area contributed by atoms with Gasteiger partial charge in [0.05, 0.1) is 0 Å². The number of nitrogens with zero attached hydrogens (tertiary/aromatic N) is 1. The van der Waals surface area contributed by atoms with Gasteiger partial charge in [0.1, 0.15) is 4.21 Å². The van der Waals surface area contributed by atoms with E-state index in [4.69, 9.17) is 0 Å². The Balaban J connectivity index is 2.23. The number of hydrogen-bond acceptors (Lipinski definition) is 4. The fraction of sp³-hybridized carbons (Fsp3) is 0.733. The van der Waals surface area contributed by atoms with E-state index in [1.165, 1.54) is 11.3 Å². The van der Waals surface area contributed by atoms with Crippen LogP contribution in [-0.4, -0.2) is 32.4 Å². The van der Waals surface area contributed by atoms with E-state index < -0.39 is 10.0 Å². The van der Waals surface area contributed by atoms with Crippen LogP contribution in [0.4, 0.5) is 0 Å². The van der Waals surface area contributed by atoms with Crippen LogP contribution in [0.1, 0.15) is 44.1 Å². The number of thiophene rings is 1. The molecule has 0 amide bonds. The standard InChI is InChI=1S/C15H26N2O2S2/c1-5-16-10-13-12(2)9-14(20-13)21(18,19)17-8-6-7-15(3,4)11-17/h9,16H,5-8,10-11H2,1-4H3. The zero-order valence-electron chi connectivity index (χ0n) is 13.4. The molecule has 0 unspecified atom stereocenters. The molecule has 0 aliphatic carbocycles. The van der Waals surface area contributed by atoms with Crippen LogP contribution in [0.15, 0.2) is 10.3 Å². The van der Waals surface area contributed by atoms with Crippen LogP contribution in [-0.2, 0) is 16.6 Å². The monoisotopic (exact) mass is 330 g/mol. The number of hydrogen-bond donors (Lipinski definition) is 1. The maximum absolute atomic E-state index is 12.8. The summed E-state index contributed by atoms with van der Waals surface area (Å²) in [5.74, 6) is 0. The number of sulfonamides is 1. The van der Waals surface area contributed by atoms with E-state index in [1.807, 2.05) is 13.0 Å². The first-order chi connectivity index (χ1) is 9.76. The summed E-state index contributed by atoms with van der Waals surface area (Å²) in [6, 6.07) is 1.83. The van der Waals surface area contributed by atoms with Crippen molar-refractivity contribution in [1.82, 2.24) is 9.62 Å². The molecule has 0 atom stereocenters. The zero-order chi connectivity index (χ0) is 15.7. The van der Waals surface area contributed by atoms with E-state index in [2.05, 4.69) is 26.1 Å². The second kappa shape index (κ2) is 6.36. The molecule has 1 aromatic heterocycles. The highest BCUT2D eigenvalue weighted by atomic mass is 32.2. The fourth-order valence-corrected chi connectivity index (χ4v) is 6.11. The Bertz CT molecular complexity index is 591. The summed E-state index contributed by atoms with van der Waals surface area (Å²) < 4.78 is 27.8. The van der Waals surface area contributed by atoms with E-state index in [-0.39, 0.29) is 5.41 Å². The van der Waals surface area contributed by atoms with Gasteiger partial charge in [-0.3, -0.25) is 0 Å². The molecule has 1 aliphatic heterocycles. The Morgan fingerprint density at radius 2 is 2.14 bits per heavy atom. The molecule has 2 rings (SSSR count). The molecule has 0 bridgehead atoms. The van der Waals surface area contributed by atoms with Crippen molar-refractivity contribution in [2.75, 3.05) is 19.6 Å². The van der Waals surface area contributed by atoms with Crippen molar-refractivity contribution in [3.8, 4) is 0 Å². The lowest BCUT2D eigenvalue weighted by Crippen LogP contribution is -2.43. The molecule has 21 heavy (non-hydrogen) atoms. The minimum Gasteiger partial charge on any atom is -0.312 e. The molecule has 2 heterocycles. The van der Waals surface area contributed by atoms with E-state index in [9.17, 15) is 8.42 Å². The highest BCUT2D eigenvalue weighted by Crippen LogP contribution is 2.34. The van der Waals surface area contributed by atoms with Gasteiger partial charge in [0.2, 0.25) is 0 Å². The molecule has 120 valence electrons. The number of nitrogens with one attached hydrogen (secondary N) is 1. The smallest absolute Gasteiger partial charge is 0.252 e. The van der Waals surface area contributed by atoms with Gasteiger partial charge in [-0.25, -0.2) is 8.42 Å². The van der Waals surface area contributed by atoms with E-state index >= 15 is 0 Å². The maximum atomic E-state index is 12.8. The Morgan fingerprint density at radius 3 is 2.76 bits per heavy atom. The molecular weight excluding hydrogens is 304 g/mol. The Morgan fingerprint density at radius 1 is 1.43 bits per heavy atom. The summed E-state index contributed by atoms with van der Waals surface area (Å²) in [5, 5.41) is 3.26. The predicted octanol–water partition coefficient (Wildman–Crippen LogP) is 2.98. The van der Waals surface area contributed by atoms with Crippen LogP contribution < -0.4 is 5.32 Å². The third kappa shape index (κ3) is 3.86. The molecule has 1 aromatic rings. The second-order valence-corrected chi connectivity index (χ2v) is 9.86. The maximum Gasteiger partial charge on any atom is 0.252 e. The summed E-state index contributed by atoms with van der Waals surface area (Å²) in [6.07, 6.45) is 2.04. The summed E-state index contributed by atoms with van der Waals surface area (Å²) >= 11 is 1.41. The average Bonchev–Trinajstić information content (AvgIpc) is 2.77. The third-order valence-electron chi connectivity index (χ3n) is 3.99. The van der Waals surface area contributed by atoms with Crippen molar-refractivity contribution in [3.05, 3.63) is 16.5 Å². The normalized spacial score (nSPS) is 19.8. The Kier molecular flexibility index (Phi) is 5.13. The largest absolute Gasteiger partial charge is 0.312 e. The molecule has 1 N–H and O–H groups in total. The second-order valence-electron chi connectivity index (χ2n) is 6.56. The third-order valence-corrected chi connectivity index (χ3v) is 7.52. The van der Waals surface area contributed by atoms with Gasteiger partial charge in [-0.05, 0) is 43.4 Å². The van der Waals surface area contributed by atoms with Crippen LogP contribution in [0.5, 0.6) is 0 Å². The van der Waals surface area contributed by atoms with E-state index in [0.717, 1.165) is 36.4 Å².